The molecule has 1 unspecified atom stereocenters. The summed E-state index contributed by atoms with van der Waals surface area (Å²) in [4.78, 5) is 0. The third-order valence-corrected chi connectivity index (χ3v) is 2.63. The monoisotopic (exact) mass is 259 g/mol. The molecule has 14 heavy (non-hydrogen) atoms. The standard InChI is InChI=1S/C10H14BrNO2/c1-6(5-12)8-3-7(11)4-9(14-2)10(8)13/h3-4,6,13H,5,12H2,1-2H3. The topological polar surface area (TPSA) is 55.5 Å². The smallest absolute Gasteiger partial charge is 0.161 e. The first kappa shape index (κ1) is 11.3. The molecule has 0 aliphatic carbocycles. The van der Waals surface area contributed by atoms with Crippen LogP contribution in [-0.4, -0.2) is 18.8 Å². The quantitative estimate of drug-likeness (QED) is 0.876. The maximum atomic E-state index is 9.81. The molecule has 0 fully saturated rings. The van der Waals surface area contributed by atoms with Crippen LogP contribution in [0.2, 0.25) is 0 Å². The summed E-state index contributed by atoms with van der Waals surface area (Å²) in [5, 5.41) is 9.81. The highest BCUT2D eigenvalue weighted by Gasteiger charge is 2.14. The van der Waals surface area contributed by atoms with Gasteiger partial charge in [0.05, 0.1) is 7.11 Å². The number of hydrogen-bond donors (Lipinski definition) is 2. The largest absolute Gasteiger partial charge is 0.504 e. The highest BCUT2D eigenvalue weighted by Crippen LogP contribution is 2.37. The zero-order valence-corrected chi connectivity index (χ0v) is 9.84. The molecule has 3 N–H and O–H groups in total. The lowest BCUT2D eigenvalue weighted by molar-refractivity contribution is 0.368. The summed E-state index contributed by atoms with van der Waals surface area (Å²) in [6.45, 7) is 2.45. The van der Waals surface area contributed by atoms with E-state index in [1.54, 1.807) is 6.07 Å². The summed E-state index contributed by atoms with van der Waals surface area (Å²) in [6.07, 6.45) is 0. The maximum Gasteiger partial charge on any atom is 0.161 e. The lowest BCUT2D eigenvalue weighted by Crippen LogP contribution is -2.09. The molecule has 78 valence electrons. The minimum absolute atomic E-state index is 0.112. The molecule has 0 heterocycles. The van der Waals surface area contributed by atoms with E-state index in [0.717, 1.165) is 10.0 Å². The van der Waals surface area contributed by atoms with Gasteiger partial charge in [-0.1, -0.05) is 22.9 Å². The van der Waals surface area contributed by atoms with Crippen molar-refractivity contribution >= 4 is 15.9 Å². The van der Waals surface area contributed by atoms with Crippen LogP contribution in [0.5, 0.6) is 11.5 Å². The Morgan fingerprint density at radius 3 is 2.71 bits per heavy atom. The number of phenolic OH excluding ortho intramolecular Hbond substituents is 1. The highest BCUT2D eigenvalue weighted by atomic mass is 79.9. The van der Waals surface area contributed by atoms with Crippen molar-refractivity contribution in [3.63, 3.8) is 0 Å². The van der Waals surface area contributed by atoms with E-state index in [1.165, 1.54) is 7.11 Å². The minimum atomic E-state index is 0.112. The van der Waals surface area contributed by atoms with Crippen LogP contribution in [0.3, 0.4) is 0 Å². The van der Waals surface area contributed by atoms with E-state index < -0.39 is 0 Å². The Morgan fingerprint density at radius 1 is 1.57 bits per heavy atom. The second-order valence-corrected chi connectivity index (χ2v) is 4.10. The molecule has 0 spiro atoms. The molecule has 0 saturated carbocycles. The molecule has 1 aromatic rings. The third kappa shape index (κ3) is 2.19. The van der Waals surface area contributed by atoms with Crippen LogP contribution in [0.4, 0.5) is 0 Å². The Bertz CT molecular complexity index is 328. The molecule has 0 bridgehead atoms. The van der Waals surface area contributed by atoms with Crippen molar-refractivity contribution in [2.24, 2.45) is 5.73 Å². The summed E-state index contributed by atoms with van der Waals surface area (Å²) < 4.78 is 5.92. The Kier molecular flexibility index (Phi) is 3.77. The Balaban J connectivity index is 3.21. The van der Waals surface area contributed by atoms with Gasteiger partial charge in [-0.25, -0.2) is 0 Å². The van der Waals surface area contributed by atoms with Gasteiger partial charge in [-0.15, -0.1) is 0 Å². The van der Waals surface area contributed by atoms with Gasteiger partial charge in [0.15, 0.2) is 11.5 Å². The van der Waals surface area contributed by atoms with Crippen LogP contribution in [-0.2, 0) is 0 Å². The number of halogens is 1. The van der Waals surface area contributed by atoms with Gasteiger partial charge in [-0.3, -0.25) is 0 Å². The third-order valence-electron chi connectivity index (χ3n) is 2.17. The number of rotatable bonds is 3. The maximum absolute atomic E-state index is 9.81. The fraction of sp³-hybridized carbons (Fsp3) is 0.400. The van der Waals surface area contributed by atoms with E-state index in [1.807, 2.05) is 13.0 Å². The summed E-state index contributed by atoms with van der Waals surface area (Å²) in [5.41, 5.74) is 6.35. The van der Waals surface area contributed by atoms with E-state index in [4.69, 9.17) is 10.5 Å². The molecule has 0 radical (unpaired) electrons. The number of methoxy groups -OCH3 is 1. The normalized spacial score (nSPS) is 12.6. The molecular weight excluding hydrogens is 246 g/mol. The van der Waals surface area contributed by atoms with E-state index in [0.29, 0.717) is 12.3 Å². The number of aromatic hydroxyl groups is 1. The number of nitrogens with two attached hydrogens (primary N) is 1. The highest BCUT2D eigenvalue weighted by molar-refractivity contribution is 9.10. The molecule has 1 rings (SSSR count). The van der Waals surface area contributed by atoms with Gasteiger partial charge < -0.3 is 15.6 Å². The van der Waals surface area contributed by atoms with Crippen molar-refractivity contribution in [1.82, 2.24) is 0 Å². The Morgan fingerprint density at radius 2 is 2.21 bits per heavy atom. The van der Waals surface area contributed by atoms with E-state index in [2.05, 4.69) is 15.9 Å². The van der Waals surface area contributed by atoms with Crippen LogP contribution in [0.25, 0.3) is 0 Å². The van der Waals surface area contributed by atoms with Gasteiger partial charge in [-0.2, -0.15) is 0 Å². The van der Waals surface area contributed by atoms with Crippen LogP contribution in [0.15, 0.2) is 16.6 Å². The van der Waals surface area contributed by atoms with E-state index in [9.17, 15) is 5.11 Å². The fourth-order valence-electron chi connectivity index (χ4n) is 1.25. The average molecular weight is 260 g/mol. The van der Waals surface area contributed by atoms with Crippen molar-refractivity contribution in [3.8, 4) is 11.5 Å². The van der Waals surface area contributed by atoms with E-state index >= 15 is 0 Å². The Hall–Kier alpha value is -0.740. The van der Waals surface area contributed by atoms with Gasteiger partial charge >= 0.3 is 0 Å². The van der Waals surface area contributed by atoms with Crippen LogP contribution in [0.1, 0.15) is 18.4 Å². The summed E-state index contributed by atoms with van der Waals surface area (Å²) >= 11 is 3.35. The van der Waals surface area contributed by atoms with Gasteiger partial charge in [0.2, 0.25) is 0 Å². The summed E-state index contributed by atoms with van der Waals surface area (Å²) in [5.74, 6) is 0.754. The molecule has 0 amide bonds. The predicted molar refractivity (Wildman–Crippen MR) is 59.8 cm³/mol. The van der Waals surface area contributed by atoms with Crippen molar-refractivity contribution < 1.29 is 9.84 Å². The van der Waals surface area contributed by atoms with Crippen molar-refractivity contribution in [3.05, 3.63) is 22.2 Å². The first-order valence-corrected chi connectivity index (χ1v) is 5.16. The average Bonchev–Trinajstić information content (AvgIpc) is 2.19. The van der Waals surface area contributed by atoms with Gasteiger partial charge in [0, 0.05) is 10.0 Å². The van der Waals surface area contributed by atoms with Crippen molar-refractivity contribution in [2.45, 2.75) is 12.8 Å². The van der Waals surface area contributed by atoms with Gasteiger partial charge in [-0.05, 0) is 24.6 Å². The SMILES string of the molecule is COc1cc(Br)cc(C(C)CN)c1O. The molecule has 0 aliphatic rings. The summed E-state index contributed by atoms with van der Waals surface area (Å²) in [6, 6.07) is 3.58. The van der Waals surface area contributed by atoms with Crippen LogP contribution < -0.4 is 10.5 Å². The van der Waals surface area contributed by atoms with Gasteiger partial charge in [0.25, 0.3) is 0 Å². The molecular formula is C10H14BrNO2. The van der Waals surface area contributed by atoms with Gasteiger partial charge in [0.1, 0.15) is 0 Å². The molecule has 1 aromatic carbocycles. The Labute approximate surface area is 92.0 Å². The van der Waals surface area contributed by atoms with Crippen LogP contribution in [0, 0.1) is 0 Å². The lowest BCUT2D eigenvalue weighted by atomic mass is 10.00. The number of hydrogen-bond acceptors (Lipinski definition) is 3. The predicted octanol–water partition coefficient (Wildman–Crippen LogP) is 2.23. The molecule has 0 saturated heterocycles. The molecule has 3 nitrogen and oxygen atoms in total. The number of phenols is 1. The lowest BCUT2D eigenvalue weighted by Gasteiger charge is -2.14. The first-order valence-electron chi connectivity index (χ1n) is 4.36. The summed E-state index contributed by atoms with van der Waals surface area (Å²) in [7, 11) is 1.53. The van der Waals surface area contributed by atoms with Crippen molar-refractivity contribution in [1.29, 1.82) is 0 Å². The molecule has 1 atom stereocenters. The zero-order valence-electron chi connectivity index (χ0n) is 8.25. The number of benzene rings is 1. The fourth-order valence-corrected chi connectivity index (χ4v) is 1.71. The van der Waals surface area contributed by atoms with Crippen LogP contribution >= 0.6 is 15.9 Å². The second kappa shape index (κ2) is 4.66. The minimum Gasteiger partial charge on any atom is -0.504 e. The molecule has 4 heteroatoms. The van der Waals surface area contributed by atoms with Crippen molar-refractivity contribution in [2.75, 3.05) is 13.7 Å². The second-order valence-electron chi connectivity index (χ2n) is 3.18. The molecule has 0 aliphatic heterocycles. The molecule has 0 aromatic heterocycles. The zero-order chi connectivity index (χ0) is 10.7. The van der Waals surface area contributed by atoms with E-state index in [-0.39, 0.29) is 11.7 Å². The number of ether oxygens (including phenoxy) is 1. The first-order chi connectivity index (χ1) is 6.60.